The van der Waals surface area contributed by atoms with Gasteiger partial charge in [0, 0.05) is 13.2 Å². The molecule has 0 spiro atoms. The Balaban J connectivity index is 1.31. The first-order valence-electron chi connectivity index (χ1n) is 10.8. The highest BCUT2D eigenvalue weighted by atomic mass is 16.5. The smallest absolute Gasteiger partial charge is 0.0716 e. The Morgan fingerprint density at radius 2 is 1.65 bits per heavy atom. The van der Waals surface area contributed by atoms with E-state index in [4.69, 9.17) is 4.74 Å². The van der Waals surface area contributed by atoms with E-state index in [1.54, 1.807) is 0 Å². The molecule has 0 unspecified atom stereocenters. The van der Waals surface area contributed by atoms with Crippen molar-refractivity contribution in [2.45, 2.75) is 77.2 Å². The zero-order valence-electron chi connectivity index (χ0n) is 16.5. The fraction of sp³-hybridized carbons (Fsp3) is 0.667. The molecule has 1 aliphatic rings. The van der Waals surface area contributed by atoms with E-state index in [9.17, 15) is 5.11 Å². The van der Waals surface area contributed by atoms with E-state index in [0.717, 1.165) is 19.1 Å². The van der Waals surface area contributed by atoms with Gasteiger partial charge in [-0.25, -0.2) is 0 Å². The minimum Gasteiger partial charge on any atom is -0.396 e. The van der Waals surface area contributed by atoms with Crippen molar-refractivity contribution >= 4 is 0 Å². The fourth-order valence-electron chi connectivity index (χ4n) is 3.86. The van der Waals surface area contributed by atoms with Crippen LogP contribution < -0.4 is 0 Å². The highest BCUT2D eigenvalue weighted by Crippen LogP contribution is 2.31. The summed E-state index contributed by atoms with van der Waals surface area (Å²) < 4.78 is 5.73. The zero-order valence-corrected chi connectivity index (χ0v) is 16.5. The molecule has 0 aromatic heterocycles. The first kappa shape index (κ1) is 21.2. The number of hydrogen-bond acceptors (Lipinski definition) is 2. The van der Waals surface area contributed by atoms with E-state index >= 15 is 0 Å². The van der Waals surface area contributed by atoms with E-state index in [0.29, 0.717) is 12.5 Å². The first-order valence-corrected chi connectivity index (χ1v) is 10.8. The average Bonchev–Trinajstić information content (AvgIpc) is 3.14. The molecule has 2 rings (SSSR count). The van der Waals surface area contributed by atoms with E-state index in [2.05, 4.69) is 36.4 Å². The third kappa shape index (κ3) is 9.54. The van der Waals surface area contributed by atoms with Crippen LogP contribution in [0.2, 0.25) is 0 Å². The Morgan fingerprint density at radius 3 is 2.38 bits per heavy atom. The molecule has 1 saturated carbocycles. The van der Waals surface area contributed by atoms with Crippen LogP contribution in [-0.2, 0) is 11.3 Å². The second-order valence-corrected chi connectivity index (χ2v) is 7.85. The van der Waals surface area contributed by atoms with Gasteiger partial charge in [0.05, 0.1) is 6.61 Å². The van der Waals surface area contributed by atoms with Crippen LogP contribution in [0.1, 0.15) is 76.2 Å². The summed E-state index contributed by atoms with van der Waals surface area (Å²) in [5, 5.41) is 9.17. The summed E-state index contributed by atoms with van der Waals surface area (Å²) in [7, 11) is 0. The monoisotopic (exact) mass is 358 g/mol. The van der Waals surface area contributed by atoms with E-state index in [1.165, 1.54) is 76.2 Å². The van der Waals surface area contributed by atoms with Crippen LogP contribution in [0.5, 0.6) is 0 Å². The van der Waals surface area contributed by atoms with E-state index in [-0.39, 0.29) is 0 Å². The average molecular weight is 359 g/mol. The van der Waals surface area contributed by atoms with Crippen LogP contribution in [0.15, 0.2) is 42.5 Å². The van der Waals surface area contributed by atoms with Gasteiger partial charge in [-0.05, 0) is 55.9 Å². The molecular weight excluding hydrogens is 320 g/mol. The Morgan fingerprint density at radius 1 is 0.923 bits per heavy atom. The van der Waals surface area contributed by atoms with Crippen molar-refractivity contribution in [1.82, 2.24) is 0 Å². The number of benzene rings is 1. The van der Waals surface area contributed by atoms with Crippen LogP contribution in [-0.4, -0.2) is 18.3 Å². The topological polar surface area (TPSA) is 29.5 Å². The molecule has 0 heterocycles. The maximum atomic E-state index is 9.17. The predicted octanol–water partition coefficient (Wildman–Crippen LogP) is 6.29. The van der Waals surface area contributed by atoms with Gasteiger partial charge >= 0.3 is 0 Å². The van der Waals surface area contributed by atoms with Crippen molar-refractivity contribution in [3.63, 3.8) is 0 Å². The molecule has 1 aromatic carbocycles. The van der Waals surface area contributed by atoms with Gasteiger partial charge in [-0.3, -0.25) is 0 Å². The molecular formula is C24H38O2. The molecule has 0 bridgehead atoms. The standard InChI is InChI=1S/C24H38O2/c25-20-24-17-16-22(19-24)13-9-6-4-2-1-3-5-7-12-18-26-21-23-14-10-8-11-15-23/h8-11,13-15,22,24-25H,1-7,12,16-21H2/b13-9+/t22-,24+/m0/s1. The van der Waals surface area contributed by atoms with Crippen LogP contribution in [0.3, 0.4) is 0 Å². The minimum absolute atomic E-state index is 0.378. The summed E-state index contributed by atoms with van der Waals surface area (Å²) in [4.78, 5) is 0. The normalized spacial score (nSPS) is 20.2. The third-order valence-electron chi connectivity index (χ3n) is 5.52. The van der Waals surface area contributed by atoms with Gasteiger partial charge in [0.1, 0.15) is 0 Å². The summed E-state index contributed by atoms with van der Waals surface area (Å²) in [5.74, 6) is 1.30. The number of aliphatic hydroxyl groups is 1. The molecule has 1 aliphatic carbocycles. The highest BCUT2D eigenvalue weighted by Gasteiger charge is 2.21. The number of unbranched alkanes of at least 4 members (excludes halogenated alkanes) is 7. The number of ether oxygens (including phenoxy) is 1. The van der Waals surface area contributed by atoms with Gasteiger partial charge in [-0.2, -0.15) is 0 Å². The fourth-order valence-corrected chi connectivity index (χ4v) is 3.86. The summed E-state index contributed by atoms with van der Waals surface area (Å²) in [6.45, 7) is 2.01. The van der Waals surface area contributed by atoms with Crippen LogP contribution >= 0.6 is 0 Å². The van der Waals surface area contributed by atoms with Gasteiger partial charge in [0.15, 0.2) is 0 Å². The highest BCUT2D eigenvalue weighted by molar-refractivity contribution is 5.13. The predicted molar refractivity (Wildman–Crippen MR) is 110 cm³/mol. The van der Waals surface area contributed by atoms with Crippen LogP contribution in [0, 0.1) is 11.8 Å². The molecule has 0 aliphatic heterocycles. The number of allylic oxidation sites excluding steroid dienone is 2. The van der Waals surface area contributed by atoms with Crippen molar-refractivity contribution in [2.24, 2.45) is 11.8 Å². The lowest BCUT2D eigenvalue weighted by molar-refractivity contribution is 0.116. The maximum absolute atomic E-state index is 9.17. The molecule has 1 aromatic rings. The molecule has 2 atom stereocenters. The largest absolute Gasteiger partial charge is 0.396 e. The van der Waals surface area contributed by atoms with Crippen molar-refractivity contribution < 1.29 is 9.84 Å². The maximum Gasteiger partial charge on any atom is 0.0716 e. The quantitative estimate of drug-likeness (QED) is 0.313. The molecule has 0 radical (unpaired) electrons. The number of aliphatic hydroxyl groups excluding tert-OH is 1. The minimum atomic E-state index is 0.378. The summed E-state index contributed by atoms with van der Waals surface area (Å²) in [5.41, 5.74) is 1.27. The van der Waals surface area contributed by atoms with Gasteiger partial charge in [0.25, 0.3) is 0 Å². The summed E-state index contributed by atoms with van der Waals surface area (Å²) in [6.07, 6.45) is 18.9. The van der Waals surface area contributed by atoms with Gasteiger partial charge in [-0.15, -0.1) is 0 Å². The van der Waals surface area contributed by atoms with Gasteiger partial charge < -0.3 is 9.84 Å². The van der Waals surface area contributed by atoms with Crippen LogP contribution in [0.4, 0.5) is 0 Å². The Hall–Kier alpha value is -1.12. The second kappa shape index (κ2) is 14.0. The zero-order chi connectivity index (χ0) is 18.3. The molecule has 2 heteroatoms. The molecule has 1 N–H and O–H groups in total. The lowest BCUT2D eigenvalue weighted by atomic mass is 10.0. The molecule has 146 valence electrons. The number of rotatable bonds is 14. The Labute approximate surface area is 160 Å². The van der Waals surface area contributed by atoms with Crippen LogP contribution in [0.25, 0.3) is 0 Å². The van der Waals surface area contributed by atoms with Gasteiger partial charge in [-0.1, -0.05) is 74.6 Å². The summed E-state index contributed by atoms with van der Waals surface area (Å²) in [6, 6.07) is 10.4. The molecule has 2 nitrogen and oxygen atoms in total. The third-order valence-corrected chi connectivity index (χ3v) is 5.52. The van der Waals surface area contributed by atoms with E-state index < -0.39 is 0 Å². The Bertz CT molecular complexity index is 468. The Kier molecular flexibility index (Phi) is 11.4. The second-order valence-electron chi connectivity index (χ2n) is 7.85. The first-order chi connectivity index (χ1) is 12.9. The molecule has 26 heavy (non-hydrogen) atoms. The molecule has 0 amide bonds. The number of hydrogen-bond donors (Lipinski definition) is 1. The van der Waals surface area contributed by atoms with Crippen molar-refractivity contribution in [2.75, 3.05) is 13.2 Å². The van der Waals surface area contributed by atoms with E-state index in [1.807, 2.05) is 6.07 Å². The SMILES string of the molecule is OC[C@@H]1CC[C@H](/C=C/CCCCCCCCCOCc2ccccc2)C1. The molecule has 0 saturated heterocycles. The summed E-state index contributed by atoms with van der Waals surface area (Å²) >= 11 is 0. The lowest BCUT2D eigenvalue weighted by Crippen LogP contribution is -1.99. The lowest BCUT2D eigenvalue weighted by Gasteiger charge is -2.05. The van der Waals surface area contributed by atoms with Gasteiger partial charge in [0.2, 0.25) is 0 Å². The molecule has 1 fully saturated rings. The van der Waals surface area contributed by atoms with Crippen molar-refractivity contribution in [1.29, 1.82) is 0 Å². The van der Waals surface area contributed by atoms with Crippen molar-refractivity contribution in [3.8, 4) is 0 Å². The van der Waals surface area contributed by atoms with Crippen molar-refractivity contribution in [3.05, 3.63) is 48.0 Å².